The van der Waals surface area contributed by atoms with Gasteiger partial charge in [-0.05, 0) is 33.6 Å². The van der Waals surface area contributed by atoms with Crippen LogP contribution in [0, 0.1) is 0 Å². The molecule has 2 nitrogen and oxygen atoms in total. The maximum absolute atomic E-state index is 4.40. The molecule has 3 aromatic rings. The first-order valence-corrected chi connectivity index (χ1v) is 9.52. The summed E-state index contributed by atoms with van der Waals surface area (Å²) in [4.78, 5) is 8.53. The van der Waals surface area contributed by atoms with Crippen LogP contribution in [0.1, 0.15) is 0 Å². The Bertz CT molecular complexity index is 809. The normalized spacial score (nSPS) is 15.3. The Morgan fingerprint density at radius 1 is 0.947 bits per heavy atom. The largest absolute Gasteiger partial charge is 0.244 e. The van der Waals surface area contributed by atoms with Gasteiger partial charge in [-0.15, -0.1) is 0 Å². The van der Waals surface area contributed by atoms with Crippen LogP contribution in [-0.4, -0.2) is 18.0 Å². The van der Waals surface area contributed by atoms with Crippen LogP contribution in [-0.2, 0) is 0 Å². The second-order valence-electron chi connectivity index (χ2n) is 5.65. The Kier molecular flexibility index (Phi) is 2.01. The zero-order chi connectivity index (χ0) is 13.0. The van der Waals surface area contributed by atoms with E-state index < -0.39 is 8.07 Å². The van der Waals surface area contributed by atoms with Gasteiger partial charge in [0.15, 0.2) is 0 Å². The molecule has 2 aromatic carbocycles. The quantitative estimate of drug-likeness (QED) is 0.582. The summed E-state index contributed by atoms with van der Waals surface area (Å²) in [5.74, 6) is 0. The predicted octanol–water partition coefficient (Wildman–Crippen LogP) is 2.43. The third kappa shape index (κ3) is 1.36. The van der Waals surface area contributed by atoms with Crippen molar-refractivity contribution in [2.45, 2.75) is 13.1 Å². The number of hydrogen-bond donors (Lipinski definition) is 0. The first-order valence-electron chi connectivity index (χ1n) is 6.52. The van der Waals surface area contributed by atoms with Gasteiger partial charge in [0, 0.05) is 11.6 Å². The molecule has 92 valence electrons. The van der Waals surface area contributed by atoms with Crippen LogP contribution in [0.25, 0.3) is 22.0 Å². The molecule has 19 heavy (non-hydrogen) atoms. The summed E-state index contributed by atoms with van der Waals surface area (Å²) >= 11 is 0. The minimum absolute atomic E-state index is 1.06. The maximum Gasteiger partial charge on any atom is 0.116 e. The Hall–Kier alpha value is -2.00. The molecule has 0 radical (unpaired) electrons. The molecule has 1 aliphatic heterocycles. The minimum atomic E-state index is -1.56. The minimum Gasteiger partial charge on any atom is -0.244 e. The van der Waals surface area contributed by atoms with Crippen molar-refractivity contribution in [3.8, 4) is 11.1 Å². The van der Waals surface area contributed by atoms with E-state index in [-0.39, 0.29) is 0 Å². The van der Waals surface area contributed by atoms with Crippen LogP contribution in [0.15, 0.2) is 48.9 Å². The fraction of sp³-hybridized carbons (Fsp3) is 0.125. The fourth-order valence-corrected chi connectivity index (χ4v) is 6.25. The summed E-state index contributed by atoms with van der Waals surface area (Å²) in [5, 5.41) is 4.16. The molecule has 2 heterocycles. The number of benzene rings is 2. The molecule has 1 aromatic heterocycles. The van der Waals surface area contributed by atoms with E-state index in [1.807, 2.05) is 6.20 Å². The summed E-state index contributed by atoms with van der Waals surface area (Å²) in [6.45, 7) is 4.84. The van der Waals surface area contributed by atoms with Gasteiger partial charge in [-0.3, -0.25) is 0 Å². The van der Waals surface area contributed by atoms with Crippen molar-refractivity contribution < 1.29 is 0 Å². The van der Waals surface area contributed by atoms with Crippen LogP contribution in [0.5, 0.6) is 0 Å². The van der Waals surface area contributed by atoms with E-state index in [1.54, 1.807) is 6.33 Å². The van der Waals surface area contributed by atoms with Crippen LogP contribution >= 0.6 is 0 Å². The third-order valence-corrected chi connectivity index (χ3v) is 7.75. The molecule has 0 saturated carbocycles. The Labute approximate surface area is 113 Å². The Morgan fingerprint density at radius 3 is 2.68 bits per heavy atom. The first-order chi connectivity index (χ1) is 9.18. The van der Waals surface area contributed by atoms with Crippen molar-refractivity contribution in [1.29, 1.82) is 0 Å². The predicted molar refractivity (Wildman–Crippen MR) is 81.7 cm³/mol. The number of nitrogens with zero attached hydrogens (tertiary/aromatic N) is 2. The molecule has 0 saturated heterocycles. The lowest BCUT2D eigenvalue weighted by Crippen LogP contribution is -2.49. The lowest BCUT2D eigenvalue weighted by atomic mass is 10.0. The van der Waals surface area contributed by atoms with Crippen molar-refractivity contribution >= 4 is 29.4 Å². The van der Waals surface area contributed by atoms with Gasteiger partial charge in [-0.1, -0.05) is 37.4 Å². The van der Waals surface area contributed by atoms with Gasteiger partial charge in [-0.25, -0.2) is 9.97 Å². The lowest BCUT2D eigenvalue weighted by molar-refractivity contribution is 1.22. The van der Waals surface area contributed by atoms with Gasteiger partial charge < -0.3 is 0 Å². The molecular formula is C16H14N2Si. The summed E-state index contributed by atoms with van der Waals surface area (Å²) in [5.41, 5.74) is 3.84. The molecule has 0 aliphatic carbocycles. The van der Waals surface area contributed by atoms with Gasteiger partial charge in [0.25, 0.3) is 0 Å². The van der Waals surface area contributed by atoms with Crippen LogP contribution < -0.4 is 10.4 Å². The Morgan fingerprint density at radius 2 is 1.79 bits per heavy atom. The number of rotatable bonds is 0. The summed E-state index contributed by atoms with van der Waals surface area (Å²) in [6.07, 6.45) is 3.53. The van der Waals surface area contributed by atoms with Crippen molar-refractivity contribution in [3.05, 3.63) is 48.9 Å². The highest BCUT2D eigenvalue weighted by Crippen LogP contribution is 2.30. The molecule has 0 spiro atoms. The van der Waals surface area contributed by atoms with E-state index >= 15 is 0 Å². The second-order valence-corrected chi connectivity index (χ2v) is 9.98. The van der Waals surface area contributed by atoms with Crippen LogP contribution in [0.3, 0.4) is 0 Å². The van der Waals surface area contributed by atoms with E-state index in [0.29, 0.717) is 0 Å². The van der Waals surface area contributed by atoms with Gasteiger partial charge in [-0.2, -0.15) is 0 Å². The molecule has 0 amide bonds. The molecule has 3 heteroatoms. The topological polar surface area (TPSA) is 25.8 Å². The van der Waals surface area contributed by atoms with E-state index in [2.05, 4.69) is 59.5 Å². The standard InChI is InChI=1S/C16H14N2Si/c1-19(2)15-6-4-3-5-12(15)13-7-11-9-17-10-18-14(11)8-16(13)19/h3-10H,1-2H3. The maximum atomic E-state index is 4.40. The zero-order valence-corrected chi connectivity index (χ0v) is 12.0. The smallest absolute Gasteiger partial charge is 0.116 e. The number of fused-ring (bicyclic) bond motifs is 4. The molecule has 1 aliphatic rings. The second kappa shape index (κ2) is 3.51. The third-order valence-electron chi connectivity index (χ3n) is 4.21. The first kappa shape index (κ1) is 10.9. The average Bonchev–Trinajstić information content (AvgIpc) is 2.66. The van der Waals surface area contributed by atoms with Crippen LogP contribution in [0.4, 0.5) is 0 Å². The van der Waals surface area contributed by atoms with Gasteiger partial charge in [0.1, 0.15) is 14.4 Å². The summed E-state index contributed by atoms with van der Waals surface area (Å²) < 4.78 is 0. The molecular weight excluding hydrogens is 248 g/mol. The van der Waals surface area contributed by atoms with E-state index in [1.165, 1.54) is 21.5 Å². The van der Waals surface area contributed by atoms with Crippen molar-refractivity contribution in [1.82, 2.24) is 9.97 Å². The molecule has 0 unspecified atom stereocenters. The summed E-state index contributed by atoms with van der Waals surface area (Å²) in [6, 6.07) is 13.3. The highest BCUT2D eigenvalue weighted by atomic mass is 28.3. The van der Waals surface area contributed by atoms with E-state index in [4.69, 9.17) is 0 Å². The fourth-order valence-electron chi connectivity index (χ4n) is 3.18. The zero-order valence-electron chi connectivity index (χ0n) is 11.0. The molecule has 0 bridgehead atoms. The molecule has 0 N–H and O–H groups in total. The molecule has 0 atom stereocenters. The van der Waals surface area contributed by atoms with Crippen molar-refractivity contribution in [2.24, 2.45) is 0 Å². The molecule has 4 rings (SSSR count). The SMILES string of the molecule is C[Si]1(C)c2ccccc2-c2cc3cncnc3cc21. The van der Waals surface area contributed by atoms with Crippen molar-refractivity contribution in [2.75, 3.05) is 0 Å². The van der Waals surface area contributed by atoms with Gasteiger partial charge in [0.05, 0.1) is 5.52 Å². The number of hydrogen-bond acceptors (Lipinski definition) is 2. The van der Waals surface area contributed by atoms with Crippen molar-refractivity contribution in [3.63, 3.8) is 0 Å². The average molecular weight is 262 g/mol. The highest BCUT2D eigenvalue weighted by Gasteiger charge is 2.37. The lowest BCUT2D eigenvalue weighted by Gasteiger charge is -2.18. The summed E-state index contributed by atoms with van der Waals surface area (Å²) in [7, 11) is -1.56. The Balaban J connectivity index is 2.15. The van der Waals surface area contributed by atoms with Crippen LogP contribution in [0.2, 0.25) is 13.1 Å². The van der Waals surface area contributed by atoms with Gasteiger partial charge in [0.2, 0.25) is 0 Å². The molecule has 0 fully saturated rings. The monoisotopic (exact) mass is 262 g/mol. The van der Waals surface area contributed by atoms with E-state index in [0.717, 1.165) is 10.9 Å². The van der Waals surface area contributed by atoms with E-state index in [9.17, 15) is 0 Å². The van der Waals surface area contributed by atoms with Gasteiger partial charge >= 0.3 is 0 Å². The number of aromatic nitrogens is 2. The highest BCUT2D eigenvalue weighted by molar-refractivity contribution is 7.03.